The SMILES string of the molecule is CC[C@@H](NC(=O)OCc1ccccc1)C(=O)N[C@@H](Cc1c[nH]c2ccccc12)C(=O)O. The Morgan fingerprint density at radius 3 is 2.42 bits per heavy atom. The zero-order valence-corrected chi connectivity index (χ0v) is 17.1. The van der Waals surface area contributed by atoms with Gasteiger partial charge in [0.1, 0.15) is 18.7 Å². The van der Waals surface area contributed by atoms with E-state index in [0.29, 0.717) is 0 Å². The first-order chi connectivity index (χ1) is 15.0. The van der Waals surface area contributed by atoms with Crippen LogP contribution in [0.4, 0.5) is 4.79 Å². The van der Waals surface area contributed by atoms with Gasteiger partial charge >= 0.3 is 12.1 Å². The molecule has 0 aliphatic carbocycles. The highest BCUT2D eigenvalue weighted by atomic mass is 16.5. The Kier molecular flexibility index (Phi) is 7.26. The van der Waals surface area contributed by atoms with E-state index in [-0.39, 0.29) is 19.4 Å². The lowest BCUT2D eigenvalue weighted by atomic mass is 10.0. The number of alkyl carbamates (subject to hydrolysis) is 1. The van der Waals surface area contributed by atoms with Crippen LogP contribution in [0.1, 0.15) is 24.5 Å². The predicted molar refractivity (Wildman–Crippen MR) is 115 cm³/mol. The smallest absolute Gasteiger partial charge is 0.408 e. The van der Waals surface area contributed by atoms with Crippen LogP contribution in [0.3, 0.4) is 0 Å². The van der Waals surface area contributed by atoms with Crippen molar-refractivity contribution in [3.8, 4) is 0 Å². The summed E-state index contributed by atoms with van der Waals surface area (Å²) >= 11 is 0. The maximum absolute atomic E-state index is 12.6. The Hall–Kier alpha value is -3.81. The summed E-state index contributed by atoms with van der Waals surface area (Å²) in [6, 6.07) is 14.6. The molecule has 0 bridgehead atoms. The van der Waals surface area contributed by atoms with E-state index >= 15 is 0 Å². The van der Waals surface area contributed by atoms with E-state index in [4.69, 9.17) is 4.74 Å². The van der Waals surface area contributed by atoms with Gasteiger partial charge in [-0.3, -0.25) is 4.79 Å². The summed E-state index contributed by atoms with van der Waals surface area (Å²) in [5, 5.41) is 15.5. The molecule has 0 aliphatic rings. The number of fused-ring (bicyclic) bond motifs is 1. The van der Waals surface area contributed by atoms with Gasteiger partial charge in [0.25, 0.3) is 0 Å². The second kappa shape index (κ2) is 10.3. The van der Waals surface area contributed by atoms with E-state index in [1.165, 1.54) is 0 Å². The molecule has 0 radical (unpaired) electrons. The minimum absolute atomic E-state index is 0.0725. The molecule has 2 atom stereocenters. The quantitative estimate of drug-likeness (QED) is 0.422. The Morgan fingerprint density at radius 1 is 1.00 bits per heavy atom. The number of amides is 2. The van der Waals surface area contributed by atoms with Crippen LogP contribution in [-0.4, -0.2) is 40.1 Å². The van der Waals surface area contributed by atoms with E-state index in [2.05, 4.69) is 15.6 Å². The predicted octanol–water partition coefficient (Wildman–Crippen LogP) is 2.98. The van der Waals surface area contributed by atoms with E-state index < -0.39 is 30.1 Å². The summed E-state index contributed by atoms with van der Waals surface area (Å²) < 4.78 is 5.15. The maximum Gasteiger partial charge on any atom is 0.408 e. The number of carbonyl (C=O) groups excluding carboxylic acids is 2. The number of ether oxygens (including phenoxy) is 1. The van der Waals surface area contributed by atoms with E-state index in [1.807, 2.05) is 54.6 Å². The largest absolute Gasteiger partial charge is 0.480 e. The molecule has 2 aromatic carbocycles. The number of aromatic nitrogens is 1. The summed E-state index contributed by atoms with van der Waals surface area (Å²) in [6.07, 6.45) is 1.39. The molecule has 0 saturated heterocycles. The number of aliphatic carboxylic acids is 1. The second-order valence-electron chi connectivity index (χ2n) is 7.13. The third-order valence-corrected chi connectivity index (χ3v) is 4.94. The van der Waals surface area contributed by atoms with Gasteiger partial charge in [0.15, 0.2) is 0 Å². The van der Waals surface area contributed by atoms with Crippen LogP contribution in [-0.2, 0) is 27.4 Å². The Balaban J connectivity index is 1.59. The molecular weight excluding hydrogens is 398 g/mol. The van der Waals surface area contributed by atoms with Crippen molar-refractivity contribution in [2.75, 3.05) is 0 Å². The number of hydrogen-bond acceptors (Lipinski definition) is 4. The molecule has 1 aromatic heterocycles. The normalized spacial score (nSPS) is 12.7. The van der Waals surface area contributed by atoms with Gasteiger partial charge in [-0.05, 0) is 23.6 Å². The zero-order valence-electron chi connectivity index (χ0n) is 17.1. The maximum atomic E-state index is 12.6. The van der Waals surface area contributed by atoms with Crippen molar-refractivity contribution in [3.05, 3.63) is 71.9 Å². The number of para-hydroxylation sites is 1. The number of carboxylic acid groups (broad SMARTS) is 1. The minimum Gasteiger partial charge on any atom is -0.480 e. The molecule has 0 unspecified atom stereocenters. The van der Waals surface area contributed by atoms with Gasteiger partial charge in [0.05, 0.1) is 0 Å². The highest BCUT2D eigenvalue weighted by Crippen LogP contribution is 2.19. The first-order valence-electron chi connectivity index (χ1n) is 10.0. The molecule has 31 heavy (non-hydrogen) atoms. The molecule has 1 heterocycles. The first kappa shape index (κ1) is 21.9. The van der Waals surface area contributed by atoms with Crippen LogP contribution >= 0.6 is 0 Å². The fourth-order valence-electron chi connectivity index (χ4n) is 3.25. The average molecular weight is 423 g/mol. The summed E-state index contributed by atoms with van der Waals surface area (Å²) in [6.45, 7) is 1.79. The lowest BCUT2D eigenvalue weighted by Crippen LogP contribution is -2.52. The van der Waals surface area contributed by atoms with Gasteiger partial charge < -0.3 is 25.5 Å². The van der Waals surface area contributed by atoms with Crippen molar-refractivity contribution >= 4 is 28.9 Å². The Morgan fingerprint density at radius 2 is 1.71 bits per heavy atom. The van der Waals surface area contributed by atoms with Gasteiger partial charge in [0, 0.05) is 23.5 Å². The lowest BCUT2D eigenvalue weighted by molar-refractivity contribution is -0.142. The molecule has 162 valence electrons. The summed E-state index contributed by atoms with van der Waals surface area (Å²) in [7, 11) is 0. The number of nitrogens with one attached hydrogen (secondary N) is 3. The summed E-state index contributed by atoms with van der Waals surface area (Å²) in [5.41, 5.74) is 2.49. The Labute approximate surface area is 179 Å². The van der Waals surface area contributed by atoms with Crippen LogP contribution in [0.2, 0.25) is 0 Å². The standard InChI is InChI=1S/C23H25N3O5/c1-2-18(26-23(30)31-14-15-8-4-3-5-9-15)21(27)25-20(22(28)29)12-16-13-24-19-11-7-6-10-17(16)19/h3-11,13,18,20,24H,2,12,14H2,1H3,(H,25,27)(H,26,30)(H,28,29)/t18-,20+/m1/s1. The fraction of sp³-hybridized carbons (Fsp3) is 0.261. The lowest BCUT2D eigenvalue weighted by Gasteiger charge is -2.20. The van der Waals surface area contributed by atoms with Crippen LogP contribution in [0.5, 0.6) is 0 Å². The van der Waals surface area contributed by atoms with Crippen molar-refractivity contribution < 1.29 is 24.2 Å². The molecule has 8 nitrogen and oxygen atoms in total. The molecule has 4 N–H and O–H groups in total. The third-order valence-electron chi connectivity index (χ3n) is 4.94. The Bertz CT molecular complexity index is 1050. The van der Waals surface area contributed by atoms with E-state index in [1.54, 1.807) is 13.1 Å². The van der Waals surface area contributed by atoms with Crippen molar-refractivity contribution in [2.45, 2.75) is 38.5 Å². The van der Waals surface area contributed by atoms with Gasteiger partial charge in [-0.25, -0.2) is 9.59 Å². The van der Waals surface area contributed by atoms with Gasteiger partial charge in [-0.1, -0.05) is 55.5 Å². The van der Waals surface area contributed by atoms with Crippen molar-refractivity contribution in [1.29, 1.82) is 0 Å². The summed E-state index contributed by atoms with van der Waals surface area (Å²) in [5.74, 6) is -1.73. The number of carboxylic acids is 1. The van der Waals surface area contributed by atoms with Crippen LogP contribution in [0, 0.1) is 0 Å². The number of H-pyrrole nitrogens is 1. The highest BCUT2D eigenvalue weighted by molar-refractivity contribution is 5.90. The average Bonchev–Trinajstić information content (AvgIpc) is 3.19. The zero-order chi connectivity index (χ0) is 22.2. The second-order valence-corrected chi connectivity index (χ2v) is 7.13. The number of benzene rings is 2. The van der Waals surface area contributed by atoms with E-state index in [0.717, 1.165) is 22.0 Å². The van der Waals surface area contributed by atoms with Crippen molar-refractivity contribution in [3.63, 3.8) is 0 Å². The van der Waals surface area contributed by atoms with Crippen LogP contribution in [0.15, 0.2) is 60.8 Å². The molecule has 0 aliphatic heterocycles. The fourth-order valence-corrected chi connectivity index (χ4v) is 3.25. The molecule has 0 spiro atoms. The number of hydrogen-bond donors (Lipinski definition) is 4. The van der Waals surface area contributed by atoms with Gasteiger partial charge in [-0.2, -0.15) is 0 Å². The van der Waals surface area contributed by atoms with Crippen molar-refractivity contribution in [2.24, 2.45) is 0 Å². The number of carbonyl (C=O) groups is 3. The first-order valence-corrected chi connectivity index (χ1v) is 10.0. The third kappa shape index (κ3) is 5.85. The molecule has 8 heteroatoms. The number of aromatic amines is 1. The highest BCUT2D eigenvalue weighted by Gasteiger charge is 2.26. The molecule has 0 fully saturated rings. The van der Waals surface area contributed by atoms with Crippen molar-refractivity contribution in [1.82, 2.24) is 15.6 Å². The topological polar surface area (TPSA) is 121 Å². The van der Waals surface area contributed by atoms with E-state index in [9.17, 15) is 19.5 Å². The molecule has 2 amide bonds. The number of rotatable bonds is 9. The molecule has 3 aromatic rings. The monoisotopic (exact) mass is 423 g/mol. The molecule has 3 rings (SSSR count). The molecule has 0 saturated carbocycles. The van der Waals surface area contributed by atoms with Crippen LogP contribution < -0.4 is 10.6 Å². The van der Waals surface area contributed by atoms with Gasteiger partial charge in [0.2, 0.25) is 5.91 Å². The minimum atomic E-state index is -1.15. The summed E-state index contributed by atoms with van der Waals surface area (Å²) in [4.78, 5) is 39.6. The molecular formula is C23H25N3O5. The van der Waals surface area contributed by atoms with Gasteiger partial charge in [-0.15, -0.1) is 0 Å². The van der Waals surface area contributed by atoms with Crippen LogP contribution in [0.25, 0.3) is 10.9 Å².